The molecule has 0 unspecified atom stereocenters. The quantitative estimate of drug-likeness (QED) is 0.593. The van der Waals surface area contributed by atoms with E-state index in [1.54, 1.807) is 0 Å². The summed E-state index contributed by atoms with van der Waals surface area (Å²) in [6.07, 6.45) is 6.70. The molecule has 1 N–H and O–H groups in total. The summed E-state index contributed by atoms with van der Waals surface area (Å²) in [7, 11) is 0. The van der Waals surface area contributed by atoms with Crippen molar-refractivity contribution in [3.8, 4) is 0 Å². The number of halogens is 2. The van der Waals surface area contributed by atoms with Gasteiger partial charge in [0, 0.05) is 21.5 Å². The lowest BCUT2D eigenvalue weighted by molar-refractivity contribution is 0.137. The molecule has 3 heteroatoms. The second kappa shape index (κ2) is 7.61. The Morgan fingerprint density at radius 1 is 1.10 bits per heavy atom. The van der Waals surface area contributed by atoms with Gasteiger partial charge in [-0.15, -0.1) is 0 Å². The van der Waals surface area contributed by atoms with Crippen molar-refractivity contribution in [1.82, 2.24) is 5.32 Å². The zero-order valence-electron chi connectivity index (χ0n) is 13.4. The van der Waals surface area contributed by atoms with Gasteiger partial charge in [0.25, 0.3) is 0 Å². The maximum absolute atomic E-state index is 3.74. The van der Waals surface area contributed by atoms with E-state index in [1.165, 1.54) is 37.7 Å². The van der Waals surface area contributed by atoms with E-state index in [2.05, 4.69) is 76.1 Å². The smallest absolute Gasteiger partial charge is 0.0320 e. The Morgan fingerprint density at radius 2 is 1.76 bits per heavy atom. The van der Waals surface area contributed by atoms with E-state index in [0.29, 0.717) is 11.5 Å². The summed E-state index contributed by atoms with van der Waals surface area (Å²) < 4.78 is 2.25. The average Bonchev–Trinajstić information content (AvgIpc) is 2.49. The van der Waals surface area contributed by atoms with Gasteiger partial charge in [-0.3, -0.25) is 0 Å². The molecule has 1 fully saturated rings. The lowest BCUT2D eigenvalue weighted by Gasteiger charge is -2.39. The van der Waals surface area contributed by atoms with Crippen LogP contribution in [0.25, 0.3) is 0 Å². The highest BCUT2D eigenvalue weighted by atomic mass is 79.9. The summed E-state index contributed by atoms with van der Waals surface area (Å²) in [5.41, 5.74) is 1.86. The molecule has 1 aliphatic rings. The van der Waals surface area contributed by atoms with Crippen LogP contribution in [0.3, 0.4) is 0 Å². The molecule has 1 nitrogen and oxygen atoms in total. The van der Waals surface area contributed by atoms with Gasteiger partial charge < -0.3 is 5.32 Å². The van der Waals surface area contributed by atoms with Crippen LogP contribution < -0.4 is 5.32 Å². The van der Waals surface area contributed by atoms with Crippen molar-refractivity contribution in [3.63, 3.8) is 0 Å². The largest absolute Gasteiger partial charge is 0.310 e. The second-order valence-corrected chi connectivity index (χ2v) is 8.73. The molecule has 0 bridgehead atoms. The number of nitrogens with one attached hydrogen (secondary N) is 1. The topological polar surface area (TPSA) is 12.0 Å². The highest BCUT2D eigenvalue weighted by Crippen LogP contribution is 2.40. The predicted molar refractivity (Wildman–Crippen MR) is 98.5 cm³/mol. The van der Waals surface area contributed by atoms with Crippen molar-refractivity contribution in [2.24, 2.45) is 11.3 Å². The van der Waals surface area contributed by atoms with Gasteiger partial charge in [-0.2, -0.15) is 0 Å². The first kappa shape index (κ1) is 17.5. The Labute approximate surface area is 146 Å². The van der Waals surface area contributed by atoms with Crippen LogP contribution in [0.1, 0.15) is 58.4 Å². The number of benzene rings is 1. The van der Waals surface area contributed by atoms with Crippen LogP contribution in [0.2, 0.25) is 0 Å². The minimum atomic E-state index is 0.515. The van der Waals surface area contributed by atoms with Gasteiger partial charge in [-0.1, -0.05) is 33.3 Å². The Balaban J connectivity index is 1.80. The molecule has 1 aromatic carbocycles. The van der Waals surface area contributed by atoms with Crippen molar-refractivity contribution in [2.45, 2.75) is 65.5 Å². The maximum atomic E-state index is 3.74. The first-order valence-electron chi connectivity index (χ1n) is 8.09. The fraction of sp³-hybridized carbons (Fsp3) is 0.667. The zero-order valence-corrected chi connectivity index (χ0v) is 16.6. The Kier molecular flexibility index (Phi) is 6.34. The molecule has 21 heavy (non-hydrogen) atoms. The molecule has 0 aliphatic heterocycles. The third kappa shape index (κ3) is 4.80. The third-order valence-corrected chi connectivity index (χ3v) is 7.20. The highest BCUT2D eigenvalue weighted by molar-refractivity contribution is 9.13. The van der Waals surface area contributed by atoms with Crippen LogP contribution in [0, 0.1) is 11.3 Å². The molecule has 0 aromatic heterocycles. The third-order valence-electron chi connectivity index (χ3n) is 5.32. The van der Waals surface area contributed by atoms with Gasteiger partial charge in [0.2, 0.25) is 0 Å². The van der Waals surface area contributed by atoms with Crippen molar-refractivity contribution in [2.75, 3.05) is 0 Å². The second-order valence-electron chi connectivity index (χ2n) is 7.02. The van der Waals surface area contributed by atoms with Gasteiger partial charge in [-0.05, 0) is 86.6 Å². The van der Waals surface area contributed by atoms with Crippen LogP contribution in [0.4, 0.5) is 0 Å². The molecular weight excluding hydrogens is 390 g/mol. The maximum Gasteiger partial charge on any atom is 0.0320 e. The monoisotopic (exact) mass is 415 g/mol. The summed E-state index contributed by atoms with van der Waals surface area (Å²) >= 11 is 7.10. The summed E-state index contributed by atoms with van der Waals surface area (Å²) in [5.74, 6) is 0.905. The van der Waals surface area contributed by atoms with E-state index in [0.717, 1.165) is 21.4 Å². The van der Waals surface area contributed by atoms with Crippen LogP contribution in [0.5, 0.6) is 0 Å². The van der Waals surface area contributed by atoms with E-state index in [9.17, 15) is 0 Å². The predicted octanol–water partition coefficient (Wildman–Crippen LogP) is 6.30. The van der Waals surface area contributed by atoms with Gasteiger partial charge in [0.15, 0.2) is 0 Å². The molecule has 0 atom stereocenters. The SMILES string of the molecule is CCC(C)(C)C1CCC(NCc2ccc(Br)c(Br)c2)CC1. The lowest BCUT2D eigenvalue weighted by Crippen LogP contribution is -2.36. The first-order valence-corrected chi connectivity index (χ1v) is 9.68. The minimum absolute atomic E-state index is 0.515. The Hall–Kier alpha value is 0.140. The lowest BCUT2D eigenvalue weighted by atomic mass is 9.69. The molecule has 1 aromatic rings. The standard InChI is InChI=1S/C18H27Br2N/c1-4-18(2,3)14-6-8-15(9-7-14)21-12-13-5-10-16(19)17(20)11-13/h5,10-11,14-15,21H,4,6-9,12H2,1-3H3. The van der Waals surface area contributed by atoms with Crippen LogP contribution in [-0.4, -0.2) is 6.04 Å². The van der Waals surface area contributed by atoms with Gasteiger partial charge in [-0.25, -0.2) is 0 Å². The van der Waals surface area contributed by atoms with Gasteiger partial charge in [0.1, 0.15) is 0 Å². The van der Waals surface area contributed by atoms with Crippen LogP contribution >= 0.6 is 31.9 Å². The molecular formula is C18H27Br2N. The molecule has 0 spiro atoms. The molecule has 1 aliphatic carbocycles. The summed E-state index contributed by atoms with van der Waals surface area (Å²) in [6.45, 7) is 8.17. The van der Waals surface area contributed by atoms with Gasteiger partial charge >= 0.3 is 0 Å². The number of hydrogen-bond donors (Lipinski definition) is 1. The molecule has 118 valence electrons. The molecule has 0 amide bonds. The fourth-order valence-electron chi connectivity index (χ4n) is 3.28. The summed E-state index contributed by atoms with van der Waals surface area (Å²) in [4.78, 5) is 0. The van der Waals surface area contributed by atoms with Crippen molar-refractivity contribution in [1.29, 1.82) is 0 Å². The van der Waals surface area contributed by atoms with Crippen molar-refractivity contribution >= 4 is 31.9 Å². The number of hydrogen-bond acceptors (Lipinski definition) is 1. The van der Waals surface area contributed by atoms with Gasteiger partial charge in [0.05, 0.1) is 0 Å². The molecule has 0 heterocycles. The van der Waals surface area contributed by atoms with Crippen molar-refractivity contribution in [3.05, 3.63) is 32.7 Å². The molecule has 0 radical (unpaired) electrons. The fourth-order valence-corrected chi connectivity index (χ4v) is 3.95. The van der Waals surface area contributed by atoms with E-state index in [4.69, 9.17) is 0 Å². The normalized spacial score (nSPS) is 23.3. The minimum Gasteiger partial charge on any atom is -0.310 e. The zero-order chi connectivity index (χ0) is 15.5. The Morgan fingerprint density at radius 3 is 2.33 bits per heavy atom. The molecule has 0 saturated heterocycles. The van der Waals surface area contributed by atoms with E-state index in [-0.39, 0.29) is 0 Å². The summed E-state index contributed by atoms with van der Waals surface area (Å²) in [5, 5.41) is 3.74. The van der Waals surface area contributed by atoms with E-state index >= 15 is 0 Å². The average molecular weight is 417 g/mol. The summed E-state index contributed by atoms with van der Waals surface area (Å²) in [6, 6.07) is 7.19. The van der Waals surface area contributed by atoms with Crippen LogP contribution in [-0.2, 0) is 6.54 Å². The molecule has 2 rings (SSSR count). The van der Waals surface area contributed by atoms with Crippen molar-refractivity contribution < 1.29 is 0 Å². The first-order chi connectivity index (χ1) is 9.92. The van der Waals surface area contributed by atoms with E-state index in [1.807, 2.05) is 0 Å². The van der Waals surface area contributed by atoms with E-state index < -0.39 is 0 Å². The van der Waals surface area contributed by atoms with Crippen LogP contribution in [0.15, 0.2) is 27.1 Å². The Bertz CT molecular complexity index is 462. The molecule has 1 saturated carbocycles. The number of rotatable bonds is 5. The highest BCUT2D eigenvalue weighted by Gasteiger charge is 2.31.